The van der Waals surface area contributed by atoms with Gasteiger partial charge in [-0.05, 0) is 5.56 Å². The molecule has 0 radical (unpaired) electrons. The SMILES string of the molecule is CCC(=O)N1CCc2c(cnn2Cc2ccccc2)C1. The van der Waals surface area contributed by atoms with E-state index in [1.807, 2.05) is 36.2 Å². The highest BCUT2D eigenvalue weighted by Gasteiger charge is 2.22. The van der Waals surface area contributed by atoms with Crippen molar-refractivity contribution < 1.29 is 4.79 Å². The first-order chi connectivity index (χ1) is 9.78. The van der Waals surface area contributed by atoms with Gasteiger partial charge in [0.1, 0.15) is 0 Å². The summed E-state index contributed by atoms with van der Waals surface area (Å²) in [5.74, 6) is 0.228. The summed E-state index contributed by atoms with van der Waals surface area (Å²) in [6, 6.07) is 10.4. The molecule has 104 valence electrons. The van der Waals surface area contributed by atoms with Gasteiger partial charge in [-0.1, -0.05) is 37.3 Å². The first-order valence-corrected chi connectivity index (χ1v) is 7.13. The van der Waals surface area contributed by atoms with E-state index in [9.17, 15) is 4.79 Å². The number of fused-ring (bicyclic) bond motifs is 1. The standard InChI is InChI=1S/C16H19N3O/c1-2-16(20)18-9-8-15-14(12-18)10-17-19(15)11-13-6-4-3-5-7-13/h3-7,10H,2,8-9,11-12H2,1H3. The topological polar surface area (TPSA) is 38.1 Å². The van der Waals surface area contributed by atoms with E-state index in [2.05, 4.69) is 21.9 Å². The normalized spacial score (nSPS) is 14.2. The second kappa shape index (κ2) is 5.49. The fourth-order valence-corrected chi connectivity index (χ4v) is 2.73. The minimum atomic E-state index is 0.228. The maximum atomic E-state index is 11.8. The molecule has 0 atom stereocenters. The van der Waals surface area contributed by atoms with Crippen molar-refractivity contribution in [3.8, 4) is 0 Å². The molecule has 0 N–H and O–H groups in total. The van der Waals surface area contributed by atoms with Gasteiger partial charge in [0.15, 0.2) is 0 Å². The summed E-state index contributed by atoms with van der Waals surface area (Å²) in [5.41, 5.74) is 3.72. The van der Waals surface area contributed by atoms with Gasteiger partial charge in [-0.2, -0.15) is 5.10 Å². The lowest BCUT2D eigenvalue weighted by Gasteiger charge is -2.27. The zero-order valence-corrected chi connectivity index (χ0v) is 11.7. The van der Waals surface area contributed by atoms with Gasteiger partial charge in [-0.3, -0.25) is 9.48 Å². The number of aromatic nitrogens is 2. The Morgan fingerprint density at radius 3 is 2.85 bits per heavy atom. The predicted molar refractivity (Wildman–Crippen MR) is 77.2 cm³/mol. The third kappa shape index (κ3) is 2.46. The Bertz CT molecular complexity index is 603. The van der Waals surface area contributed by atoms with Crippen LogP contribution in [-0.2, 0) is 24.3 Å². The second-order valence-electron chi connectivity index (χ2n) is 5.18. The number of nitrogens with zero attached hydrogens (tertiary/aromatic N) is 3. The van der Waals surface area contributed by atoms with E-state index in [0.717, 1.165) is 19.5 Å². The van der Waals surface area contributed by atoms with Crippen LogP contribution in [0.5, 0.6) is 0 Å². The van der Waals surface area contributed by atoms with E-state index >= 15 is 0 Å². The molecular formula is C16H19N3O. The Balaban J connectivity index is 1.78. The molecule has 2 aromatic rings. The van der Waals surface area contributed by atoms with Crippen LogP contribution in [0, 0.1) is 0 Å². The molecule has 0 unspecified atom stereocenters. The summed E-state index contributed by atoms with van der Waals surface area (Å²) in [4.78, 5) is 13.7. The number of amides is 1. The van der Waals surface area contributed by atoms with Gasteiger partial charge in [0.2, 0.25) is 5.91 Å². The van der Waals surface area contributed by atoms with Crippen molar-refractivity contribution >= 4 is 5.91 Å². The van der Waals surface area contributed by atoms with Crippen molar-refractivity contribution in [2.45, 2.75) is 32.9 Å². The fourth-order valence-electron chi connectivity index (χ4n) is 2.73. The highest BCUT2D eigenvalue weighted by molar-refractivity contribution is 5.76. The Kier molecular flexibility index (Phi) is 3.54. The molecule has 2 heterocycles. The van der Waals surface area contributed by atoms with Crippen LogP contribution >= 0.6 is 0 Å². The van der Waals surface area contributed by atoms with Crippen LogP contribution in [0.1, 0.15) is 30.2 Å². The van der Waals surface area contributed by atoms with Crippen LogP contribution in [0.2, 0.25) is 0 Å². The Labute approximate surface area is 119 Å². The number of benzene rings is 1. The number of carbonyl (C=O) groups excluding carboxylic acids is 1. The number of rotatable bonds is 3. The highest BCUT2D eigenvalue weighted by Crippen LogP contribution is 2.20. The fraction of sp³-hybridized carbons (Fsp3) is 0.375. The number of hydrogen-bond acceptors (Lipinski definition) is 2. The summed E-state index contributed by atoms with van der Waals surface area (Å²) in [6.07, 6.45) is 3.38. The minimum absolute atomic E-state index is 0.228. The molecule has 0 aliphatic carbocycles. The lowest BCUT2D eigenvalue weighted by atomic mass is 10.1. The zero-order valence-electron chi connectivity index (χ0n) is 11.7. The average Bonchev–Trinajstić information content (AvgIpc) is 2.90. The number of hydrogen-bond donors (Lipinski definition) is 0. The molecule has 1 aromatic heterocycles. The Hall–Kier alpha value is -2.10. The summed E-state index contributed by atoms with van der Waals surface area (Å²) in [6.45, 7) is 4.23. The molecule has 0 bridgehead atoms. The molecule has 4 nitrogen and oxygen atoms in total. The molecule has 1 aliphatic heterocycles. The quantitative estimate of drug-likeness (QED) is 0.857. The van der Waals surface area contributed by atoms with Crippen LogP contribution in [0.3, 0.4) is 0 Å². The highest BCUT2D eigenvalue weighted by atomic mass is 16.2. The van der Waals surface area contributed by atoms with E-state index in [1.54, 1.807) is 0 Å². The van der Waals surface area contributed by atoms with Gasteiger partial charge in [-0.25, -0.2) is 0 Å². The van der Waals surface area contributed by atoms with Crippen LogP contribution < -0.4 is 0 Å². The van der Waals surface area contributed by atoms with Crippen molar-refractivity contribution in [2.75, 3.05) is 6.54 Å². The van der Waals surface area contributed by atoms with Crippen LogP contribution in [-0.4, -0.2) is 27.1 Å². The zero-order chi connectivity index (χ0) is 13.9. The Morgan fingerprint density at radius 1 is 1.30 bits per heavy atom. The van der Waals surface area contributed by atoms with Crippen LogP contribution in [0.4, 0.5) is 0 Å². The van der Waals surface area contributed by atoms with Crippen molar-refractivity contribution in [3.05, 3.63) is 53.3 Å². The Morgan fingerprint density at radius 2 is 2.10 bits per heavy atom. The van der Waals surface area contributed by atoms with Gasteiger partial charge in [-0.15, -0.1) is 0 Å². The third-order valence-electron chi connectivity index (χ3n) is 3.85. The maximum Gasteiger partial charge on any atom is 0.222 e. The summed E-state index contributed by atoms with van der Waals surface area (Å²) < 4.78 is 2.07. The third-order valence-corrected chi connectivity index (χ3v) is 3.85. The van der Waals surface area contributed by atoms with Gasteiger partial charge in [0.05, 0.1) is 12.7 Å². The van der Waals surface area contributed by atoms with E-state index in [1.165, 1.54) is 16.8 Å². The molecule has 20 heavy (non-hydrogen) atoms. The molecule has 1 aliphatic rings. The molecule has 0 spiro atoms. The molecule has 3 rings (SSSR count). The average molecular weight is 269 g/mol. The predicted octanol–water partition coefficient (Wildman–Crippen LogP) is 2.23. The molecule has 0 fully saturated rings. The largest absolute Gasteiger partial charge is 0.338 e. The molecule has 0 saturated heterocycles. The van der Waals surface area contributed by atoms with Gasteiger partial charge < -0.3 is 4.90 Å². The monoisotopic (exact) mass is 269 g/mol. The first kappa shape index (κ1) is 12.9. The van der Waals surface area contributed by atoms with E-state index in [0.29, 0.717) is 13.0 Å². The van der Waals surface area contributed by atoms with Gasteiger partial charge >= 0.3 is 0 Å². The first-order valence-electron chi connectivity index (χ1n) is 7.13. The van der Waals surface area contributed by atoms with Crippen molar-refractivity contribution in [1.82, 2.24) is 14.7 Å². The minimum Gasteiger partial charge on any atom is -0.338 e. The molecule has 1 aromatic carbocycles. The van der Waals surface area contributed by atoms with Gasteiger partial charge in [0, 0.05) is 37.2 Å². The van der Waals surface area contributed by atoms with E-state index < -0.39 is 0 Å². The van der Waals surface area contributed by atoms with E-state index in [4.69, 9.17) is 0 Å². The molecule has 4 heteroatoms. The van der Waals surface area contributed by atoms with Crippen molar-refractivity contribution in [1.29, 1.82) is 0 Å². The van der Waals surface area contributed by atoms with Gasteiger partial charge in [0.25, 0.3) is 0 Å². The summed E-state index contributed by atoms with van der Waals surface area (Å²) in [7, 11) is 0. The lowest BCUT2D eigenvalue weighted by Crippen LogP contribution is -2.35. The summed E-state index contributed by atoms with van der Waals surface area (Å²) >= 11 is 0. The van der Waals surface area contributed by atoms with Crippen molar-refractivity contribution in [2.24, 2.45) is 0 Å². The molecule has 1 amide bonds. The maximum absolute atomic E-state index is 11.8. The second-order valence-corrected chi connectivity index (χ2v) is 5.18. The van der Waals surface area contributed by atoms with Crippen LogP contribution in [0.15, 0.2) is 36.5 Å². The van der Waals surface area contributed by atoms with Crippen molar-refractivity contribution in [3.63, 3.8) is 0 Å². The summed E-state index contributed by atoms with van der Waals surface area (Å²) in [5, 5.41) is 4.49. The van der Waals surface area contributed by atoms with Crippen LogP contribution in [0.25, 0.3) is 0 Å². The lowest BCUT2D eigenvalue weighted by molar-refractivity contribution is -0.131. The molecule has 0 saturated carbocycles. The van der Waals surface area contributed by atoms with E-state index in [-0.39, 0.29) is 5.91 Å². The smallest absolute Gasteiger partial charge is 0.222 e. The number of carbonyl (C=O) groups is 1. The molecular weight excluding hydrogens is 250 g/mol.